The predicted molar refractivity (Wildman–Crippen MR) is 79.2 cm³/mol. The Kier molecular flexibility index (Phi) is 4.69. The summed E-state index contributed by atoms with van der Waals surface area (Å²) in [6, 6.07) is 9.67. The zero-order chi connectivity index (χ0) is 14.5. The molecule has 1 atom stereocenters. The predicted octanol–water partition coefficient (Wildman–Crippen LogP) is 2.52. The van der Waals surface area contributed by atoms with Crippen LogP contribution in [0, 0.1) is 5.92 Å². The fourth-order valence-electron chi connectivity index (χ4n) is 2.25. The molecule has 4 nitrogen and oxygen atoms in total. The third kappa shape index (κ3) is 3.14. The highest BCUT2D eigenvalue weighted by Crippen LogP contribution is 2.16. The second-order valence-electron chi connectivity index (χ2n) is 5.11. The number of carbonyl (C=O) groups excluding carboxylic acids is 1. The van der Waals surface area contributed by atoms with Gasteiger partial charge in [0.15, 0.2) is 0 Å². The Morgan fingerprint density at radius 3 is 2.75 bits per heavy atom. The van der Waals surface area contributed by atoms with E-state index in [0.717, 1.165) is 16.5 Å². The summed E-state index contributed by atoms with van der Waals surface area (Å²) in [6.07, 6.45) is 1.79. The zero-order valence-corrected chi connectivity index (χ0v) is 12.1. The smallest absolute Gasteiger partial charge is 0.323 e. The molecule has 0 aliphatic rings. The van der Waals surface area contributed by atoms with Gasteiger partial charge in [0.25, 0.3) is 0 Å². The molecule has 0 amide bonds. The first kappa shape index (κ1) is 14.5. The molecule has 1 aromatic heterocycles. The van der Waals surface area contributed by atoms with Crippen LogP contribution in [0.3, 0.4) is 0 Å². The molecule has 0 bridgehead atoms. The lowest BCUT2D eigenvalue weighted by Gasteiger charge is -2.20. The van der Waals surface area contributed by atoms with Crippen LogP contribution < -0.4 is 5.32 Å². The topological polar surface area (TPSA) is 51.2 Å². The summed E-state index contributed by atoms with van der Waals surface area (Å²) in [5.74, 6) is -0.0473. The number of rotatable bonds is 5. The minimum absolute atomic E-state index is 0.176. The zero-order valence-electron chi connectivity index (χ0n) is 12.1. The second kappa shape index (κ2) is 6.48. The number of fused-ring (bicyclic) bond motifs is 1. The fraction of sp³-hybridized carbons (Fsp3) is 0.375. The highest BCUT2D eigenvalue weighted by atomic mass is 16.5. The molecule has 2 rings (SSSR count). The second-order valence-corrected chi connectivity index (χ2v) is 5.11. The third-order valence-corrected chi connectivity index (χ3v) is 3.37. The lowest BCUT2D eigenvalue weighted by atomic mass is 10.0. The highest BCUT2D eigenvalue weighted by Gasteiger charge is 2.22. The molecular formula is C16H20N2O2. The van der Waals surface area contributed by atoms with E-state index >= 15 is 0 Å². The Morgan fingerprint density at radius 2 is 2.05 bits per heavy atom. The van der Waals surface area contributed by atoms with Crippen LogP contribution in [0.1, 0.15) is 19.4 Å². The first-order valence-electron chi connectivity index (χ1n) is 6.77. The standard InChI is InChI=1S/C16H20N2O2/c1-11(2)15(16(19)20-3)18-10-12-8-9-17-14-7-5-4-6-13(12)14/h4-9,11,15,18H,10H2,1-3H3. The van der Waals surface area contributed by atoms with Crippen LogP contribution in [-0.4, -0.2) is 24.1 Å². The summed E-state index contributed by atoms with van der Waals surface area (Å²) < 4.78 is 4.84. The molecule has 0 spiro atoms. The molecule has 0 radical (unpaired) electrons. The molecule has 106 valence electrons. The van der Waals surface area contributed by atoms with E-state index in [4.69, 9.17) is 4.74 Å². The molecule has 0 saturated heterocycles. The number of ether oxygens (including phenoxy) is 1. The van der Waals surface area contributed by atoms with Gasteiger partial charge < -0.3 is 10.1 Å². The molecule has 1 aromatic carbocycles. The van der Waals surface area contributed by atoms with Crippen molar-refractivity contribution in [3.63, 3.8) is 0 Å². The summed E-state index contributed by atoms with van der Waals surface area (Å²) >= 11 is 0. The Bertz CT molecular complexity index is 591. The average molecular weight is 272 g/mol. The number of methoxy groups -OCH3 is 1. The number of pyridine rings is 1. The average Bonchev–Trinajstić information content (AvgIpc) is 2.47. The van der Waals surface area contributed by atoms with E-state index in [1.807, 2.05) is 44.2 Å². The lowest BCUT2D eigenvalue weighted by molar-refractivity contribution is -0.144. The molecule has 0 fully saturated rings. The molecule has 20 heavy (non-hydrogen) atoms. The van der Waals surface area contributed by atoms with Gasteiger partial charge in [0, 0.05) is 18.1 Å². The third-order valence-electron chi connectivity index (χ3n) is 3.37. The molecule has 0 aliphatic heterocycles. The normalized spacial score (nSPS) is 12.6. The number of carbonyl (C=O) groups is 1. The van der Waals surface area contributed by atoms with Crippen molar-refractivity contribution in [3.05, 3.63) is 42.1 Å². The molecule has 2 aromatic rings. The van der Waals surface area contributed by atoms with Crippen molar-refractivity contribution < 1.29 is 9.53 Å². The Hall–Kier alpha value is -1.94. The van der Waals surface area contributed by atoms with Crippen LogP contribution >= 0.6 is 0 Å². The number of para-hydroxylation sites is 1. The van der Waals surface area contributed by atoms with Gasteiger partial charge in [-0.25, -0.2) is 0 Å². The Morgan fingerprint density at radius 1 is 1.30 bits per heavy atom. The van der Waals surface area contributed by atoms with Crippen molar-refractivity contribution in [2.45, 2.75) is 26.4 Å². The quantitative estimate of drug-likeness (QED) is 0.850. The van der Waals surface area contributed by atoms with Gasteiger partial charge in [-0.05, 0) is 23.6 Å². The van der Waals surface area contributed by atoms with Gasteiger partial charge in [-0.15, -0.1) is 0 Å². The minimum Gasteiger partial charge on any atom is -0.468 e. The first-order valence-corrected chi connectivity index (χ1v) is 6.77. The first-order chi connectivity index (χ1) is 9.63. The fourth-order valence-corrected chi connectivity index (χ4v) is 2.25. The molecule has 4 heteroatoms. The number of aromatic nitrogens is 1. The minimum atomic E-state index is -0.299. The molecule has 1 heterocycles. The molecule has 1 unspecified atom stereocenters. The summed E-state index contributed by atoms with van der Waals surface area (Å²) in [5, 5.41) is 4.38. The van der Waals surface area contributed by atoms with Gasteiger partial charge in [0.2, 0.25) is 0 Å². The van der Waals surface area contributed by atoms with Gasteiger partial charge in [-0.2, -0.15) is 0 Å². The largest absolute Gasteiger partial charge is 0.468 e. The monoisotopic (exact) mass is 272 g/mol. The van der Waals surface area contributed by atoms with Gasteiger partial charge in [0.05, 0.1) is 12.6 Å². The number of hydrogen-bond donors (Lipinski definition) is 1. The van der Waals surface area contributed by atoms with Crippen molar-refractivity contribution in [3.8, 4) is 0 Å². The van der Waals surface area contributed by atoms with Crippen molar-refractivity contribution in [1.29, 1.82) is 0 Å². The van der Waals surface area contributed by atoms with E-state index in [-0.39, 0.29) is 17.9 Å². The number of hydrogen-bond acceptors (Lipinski definition) is 4. The van der Waals surface area contributed by atoms with Crippen molar-refractivity contribution >= 4 is 16.9 Å². The van der Waals surface area contributed by atoms with Crippen LogP contribution in [-0.2, 0) is 16.1 Å². The summed E-state index contributed by atoms with van der Waals surface area (Å²) in [7, 11) is 1.42. The van der Waals surface area contributed by atoms with Gasteiger partial charge in [-0.3, -0.25) is 9.78 Å². The van der Waals surface area contributed by atoms with Crippen LogP contribution in [0.2, 0.25) is 0 Å². The van der Waals surface area contributed by atoms with Crippen LogP contribution in [0.5, 0.6) is 0 Å². The van der Waals surface area contributed by atoms with E-state index in [2.05, 4.69) is 10.3 Å². The summed E-state index contributed by atoms with van der Waals surface area (Å²) in [4.78, 5) is 16.1. The molecular weight excluding hydrogens is 252 g/mol. The van der Waals surface area contributed by atoms with Crippen molar-refractivity contribution in [2.75, 3.05) is 7.11 Å². The van der Waals surface area contributed by atoms with E-state index in [0.29, 0.717) is 6.54 Å². The number of benzene rings is 1. The van der Waals surface area contributed by atoms with Gasteiger partial charge >= 0.3 is 5.97 Å². The van der Waals surface area contributed by atoms with E-state index in [1.165, 1.54) is 7.11 Å². The van der Waals surface area contributed by atoms with E-state index < -0.39 is 0 Å². The maximum atomic E-state index is 11.7. The van der Waals surface area contributed by atoms with E-state index in [1.54, 1.807) is 6.20 Å². The van der Waals surface area contributed by atoms with Crippen LogP contribution in [0.4, 0.5) is 0 Å². The van der Waals surface area contributed by atoms with Crippen molar-refractivity contribution in [1.82, 2.24) is 10.3 Å². The van der Waals surface area contributed by atoms with Crippen LogP contribution in [0.15, 0.2) is 36.5 Å². The number of esters is 1. The molecule has 0 saturated carbocycles. The van der Waals surface area contributed by atoms with E-state index in [9.17, 15) is 4.79 Å². The SMILES string of the molecule is COC(=O)C(NCc1ccnc2ccccc12)C(C)C. The van der Waals surface area contributed by atoms with Crippen molar-refractivity contribution in [2.24, 2.45) is 5.92 Å². The lowest BCUT2D eigenvalue weighted by Crippen LogP contribution is -2.41. The summed E-state index contributed by atoms with van der Waals surface area (Å²) in [5.41, 5.74) is 2.09. The van der Waals surface area contributed by atoms with Crippen LogP contribution in [0.25, 0.3) is 10.9 Å². The molecule has 1 N–H and O–H groups in total. The maximum absolute atomic E-state index is 11.7. The number of nitrogens with zero attached hydrogens (tertiary/aromatic N) is 1. The van der Waals surface area contributed by atoms with Gasteiger partial charge in [0.1, 0.15) is 6.04 Å². The summed E-state index contributed by atoms with van der Waals surface area (Å²) in [6.45, 7) is 4.61. The number of nitrogens with one attached hydrogen (secondary N) is 1. The highest BCUT2D eigenvalue weighted by molar-refractivity contribution is 5.82. The van der Waals surface area contributed by atoms with Gasteiger partial charge in [-0.1, -0.05) is 32.0 Å². The Balaban J connectivity index is 2.18. The maximum Gasteiger partial charge on any atom is 0.323 e. The molecule has 0 aliphatic carbocycles. The Labute approximate surface area is 119 Å².